The van der Waals surface area contributed by atoms with Crippen molar-refractivity contribution in [2.24, 2.45) is 0 Å². The van der Waals surface area contributed by atoms with Crippen molar-refractivity contribution in [2.45, 2.75) is 0 Å². The maximum absolute atomic E-state index is 8.91. The Kier molecular flexibility index (Phi) is 3.76. The lowest BCUT2D eigenvalue weighted by molar-refractivity contribution is 0.487. The lowest BCUT2D eigenvalue weighted by Crippen LogP contribution is -1.97. The molecule has 0 radical (unpaired) electrons. The molecule has 0 aromatic heterocycles. The summed E-state index contributed by atoms with van der Waals surface area (Å²) in [4.78, 5) is 0. The minimum absolute atomic E-state index is 0.207. The zero-order valence-electron chi connectivity index (χ0n) is 26.9. The van der Waals surface area contributed by atoms with Crippen molar-refractivity contribution in [3.8, 4) is 44.9 Å². The highest BCUT2D eigenvalue weighted by molar-refractivity contribution is 6.22. The van der Waals surface area contributed by atoms with Crippen molar-refractivity contribution >= 4 is 43.1 Å². The summed E-state index contributed by atoms with van der Waals surface area (Å²) in [5.74, 6) is 1.68. The van der Waals surface area contributed by atoms with Crippen LogP contribution in [0.3, 0.4) is 0 Å². The predicted octanol–water partition coefficient (Wildman–Crippen LogP) is 11.4. The zero-order chi connectivity index (χ0) is 31.3. The largest absolute Gasteiger partial charge is 0.456 e. The number of hydrogen-bond donors (Lipinski definition) is 0. The van der Waals surface area contributed by atoms with Gasteiger partial charge in [0.1, 0.15) is 11.5 Å². The molecule has 8 aromatic rings. The Morgan fingerprint density at radius 1 is 0.439 bits per heavy atom. The molecule has 0 saturated heterocycles. The molecule has 0 saturated carbocycles. The van der Waals surface area contributed by atoms with E-state index >= 15 is 0 Å². The van der Waals surface area contributed by atoms with E-state index in [2.05, 4.69) is 72.8 Å². The first kappa shape index (κ1) is 18.0. The van der Waals surface area contributed by atoms with Crippen LogP contribution in [0.4, 0.5) is 0 Å². The van der Waals surface area contributed by atoms with Gasteiger partial charge in [0.15, 0.2) is 0 Å². The first-order valence-corrected chi connectivity index (χ1v) is 13.7. The molecular weight excluding hydrogens is 496 g/mol. The number of benzene rings is 8. The fourth-order valence-corrected chi connectivity index (χ4v) is 6.45. The van der Waals surface area contributed by atoms with Crippen LogP contribution >= 0.6 is 0 Å². The van der Waals surface area contributed by atoms with Crippen LogP contribution in [0.1, 0.15) is 6.85 Å². The molecular formula is C40H24O. The van der Waals surface area contributed by atoms with E-state index in [1.54, 1.807) is 0 Å². The van der Waals surface area contributed by atoms with E-state index in [-0.39, 0.29) is 29.7 Å². The van der Waals surface area contributed by atoms with E-state index in [1.807, 2.05) is 42.5 Å². The second kappa shape index (κ2) is 8.55. The smallest absolute Gasteiger partial charge is 0.135 e. The third-order valence-corrected chi connectivity index (χ3v) is 8.28. The molecule has 0 aliphatic carbocycles. The van der Waals surface area contributed by atoms with Crippen LogP contribution in [0.2, 0.25) is 0 Å². The summed E-state index contributed by atoms with van der Waals surface area (Å²) in [5.41, 5.74) is 5.07. The minimum atomic E-state index is -0.398. The molecule has 0 amide bonds. The van der Waals surface area contributed by atoms with Crippen LogP contribution in [0, 0.1) is 0 Å². The van der Waals surface area contributed by atoms with Crippen LogP contribution < -0.4 is 4.74 Å². The number of hydrogen-bond acceptors (Lipinski definition) is 1. The molecule has 0 fully saturated rings. The summed E-state index contributed by atoms with van der Waals surface area (Å²) in [5, 5.41) is 7.76. The molecule has 0 spiro atoms. The van der Waals surface area contributed by atoms with Crippen LogP contribution in [0.5, 0.6) is 11.5 Å². The van der Waals surface area contributed by atoms with E-state index in [0.717, 1.165) is 76.8 Å². The second-order valence-electron chi connectivity index (χ2n) is 10.5. The van der Waals surface area contributed by atoms with Gasteiger partial charge in [-0.25, -0.2) is 0 Å². The average molecular weight is 526 g/mol. The molecule has 0 N–H and O–H groups in total. The number of rotatable bonds is 2. The highest BCUT2D eigenvalue weighted by atomic mass is 16.5. The molecule has 8 aromatic carbocycles. The standard InChI is InChI=1S/C40H24O/c1-2-8-27(9-3-1)39-32-13-5-4-10-30(32)22-31-19-17-25-16-18-28(23-34(25)40(31)39)29-20-21-36-35(24-29)33-14-6-11-26-12-7-15-37(41-36)38(26)33/h1-24H/i1D,2D,3D,8D,9D. The number of ether oxygens (including phenoxy) is 1. The highest BCUT2D eigenvalue weighted by Crippen LogP contribution is 2.48. The lowest BCUT2D eigenvalue weighted by Gasteiger charge is -2.22. The summed E-state index contributed by atoms with van der Waals surface area (Å²) in [6, 6.07) is 37.7. The molecule has 1 nitrogen and oxygen atoms in total. The van der Waals surface area contributed by atoms with Crippen LogP contribution in [0.15, 0.2) is 145 Å². The SMILES string of the molecule is [2H]c1c([2H])c([2H])c(-c2c3ccccc3cc3ccc4ccc(-c5ccc6c(c5)-c5cccc7cccc(c57)O6)cc4c23)c([2H])c1[2H]. The van der Waals surface area contributed by atoms with E-state index in [1.165, 1.54) is 0 Å². The maximum Gasteiger partial charge on any atom is 0.135 e. The maximum atomic E-state index is 8.91. The lowest BCUT2D eigenvalue weighted by atomic mass is 9.88. The Morgan fingerprint density at radius 3 is 2.12 bits per heavy atom. The van der Waals surface area contributed by atoms with Crippen molar-refractivity contribution < 1.29 is 11.6 Å². The predicted molar refractivity (Wildman–Crippen MR) is 173 cm³/mol. The third-order valence-electron chi connectivity index (χ3n) is 8.28. The fourth-order valence-electron chi connectivity index (χ4n) is 6.45. The van der Waals surface area contributed by atoms with Gasteiger partial charge in [-0.1, -0.05) is 115 Å². The quantitative estimate of drug-likeness (QED) is 0.161. The molecule has 1 aliphatic heterocycles. The second-order valence-corrected chi connectivity index (χ2v) is 10.5. The zero-order valence-corrected chi connectivity index (χ0v) is 21.9. The van der Waals surface area contributed by atoms with Crippen LogP contribution in [0.25, 0.3) is 76.5 Å². The van der Waals surface area contributed by atoms with Gasteiger partial charge in [0.2, 0.25) is 0 Å². The summed E-state index contributed by atoms with van der Waals surface area (Å²) < 4.78 is 49.3. The fraction of sp³-hybridized carbons (Fsp3) is 0. The van der Waals surface area contributed by atoms with Gasteiger partial charge in [-0.2, -0.15) is 0 Å². The molecule has 0 atom stereocenters. The van der Waals surface area contributed by atoms with Gasteiger partial charge in [-0.05, 0) is 95.9 Å². The number of fused-ring (bicyclic) bond motifs is 6. The Hall–Kier alpha value is -5.40. The minimum Gasteiger partial charge on any atom is -0.456 e. The van der Waals surface area contributed by atoms with Gasteiger partial charge in [0.05, 0.1) is 6.85 Å². The average Bonchev–Trinajstić information content (AvgIpc) is 3.09. The van der Waals surface area contributed by atoms with E-state index in [0.29, 0.717) is 5.56 Å². The highest BCUT2D eigenvalue weighted by Gasteiger charge is 2.20. The Balaban J connectivity index is 1.34. The van der Waals surface area contributed by atoms with Crippen molar-refractivity contribution in [1.82, 2.24) is 0 Å². The molecule has 1 heteroatoms. The third kappa shape index (κ3) is 3.36. The first-order valence-electron chi connectivity index (χ1n) is 16.2. The molecule has 0 bridgehead atoms. The molecule has 1 aliphatic rings. The summed E-state index contributed by atoms with van der Waals surface area (Å²) in [6.07, 6.45) is 0. The normalized spacial score (nSPS) is 13.8. The van der Waals surface area contributed by atoms with Gasteiger partial charge >= 0.3 is 0 Å². The molecule has 0 unspecified atom stereocenters. The van der Waals surface area contributed by atoms with Gasteiger partial charge < -0.3 is 4.74 Å². The summed E-state index contributed by atoms with van der Waals surface area (Å²) in [6.45, 7) is 0. The topological polar surface area (TPSA) is 9.23 Å². The first-order chi connectivity index (χ1) is 22.4. The van der Waals surface area contributed by atoms with E-state index in [4.69, 9.17) is 11.6 Å². The van der Waals surface area contributed by atoms with Crippen molar-refractivity contribution in [3.63, 3.8) is 0 Å². The van der Waals surface area contributed by atoms with Gasteiger partial charge in [0.25, 0.3) is 0 Å². The molecule has 9 rings (SSSR count). The summed E-state index contributed by atoms with van der Waals surface area (Å²) >= 11 is 0. The monoisotopic (exact) mass is 525 g/mol. The summed E-state index contributed by atoms with van der Waals surface area (Å²) in [7, 11) is 0. The van der Waals surface area contributed by atoms with Crippen molar-refractivity contribution in [1.29, 1.82) is 0 Å². The molecule has 41 heavy (non-hydrogen) atoms. The Morgan fingerprint density at radius 2 is 1.20 bits per heavy atom. The van der Waals surface area contributed by atoms with E-state index < -0.39 is 6.04 Å². The van der Waals surface area contributed by atoms with Gasteiger partial charge in [0, 0.05) is 10.9 Å². The Bertz CT molecular complexity index is 2590. The van der Waals surface area contributed by atoms with Crippen LogP contribution in [-0.4, -0.2) is 0 Å². The van der Waals surface area contributed by atoms with Crippen LogP contribution in [-0.2, 0) is 0 Å². The molecule has 190 valence electrons. The van der Waals surface area contributed by atoms with E-state index in [9.17, 15) is 0 Å². The van der Waals surface area contributed by atoms with Gasteiger partial charge in [-0.3, -0.25) is 0 Å². The van der Waals surface area contributed by atoms with Gasteiger partial charge in [-0.15, -0.1) is 0 Å². The van der Waals surface area contributed by atoms with Crippen molar-refractivity contribution in [2.75, 3.05) is 0 Å². The Labute approximate surface area is 244 Å². The molecule has 1 heterocycles. The van der Waals surface area contributed by atoms with Crippen molar-refractivity contribution in [3.05, 3.63) is 145 Å².